The van der Waals surface area contributed by atoms with Gasteiger partial charge in [-0.2, -0.15) is 0 Å². The molecule has 0 aliphatic carbocycles. The number of nitrogens with one attached hydrogen (secondary N) is 2. The molecule has 2 amide bonds. The van der Waals surface area contributed by atoms with E-state index in [-0.39, 0.29) is 30.7 Å². The third-order valence-electron chi connectivity index (χ3n) is 4.44. The summed E-state index contributed by atoms with van der Waals surface area (Å²) in [7, 11) is 0. The summed E-state index contributed by atoms with van der Waals surface area (Å²) in [5, 5.41) is 13.8. The molecule has 0 bridgehead atoms. The van der Waals surface area contributed by atoms with Gasteiger partial charge in [-0.3, -0.25) is 14.8 Å². The number of fused-ring (bicyclic) bond motifs is 1. The Hall–Kier alpha value is -2.40. The molecule has 128 valence electrons. The molecular weight excluding hydrogens is 304 g/mol. The highest BCUT2D eigenvalue weighted by atomic mass is 16.5. The van der Waals surface area contributed by atoms with Crippen LogP contribution in [-0.2, 0) is 16.0 Å². The lowest BCUT2D eigenvalue weighted by atomic mass is 9.95. The summed E-state index contributed by atoms with van der Waals surface area (Å²) in [5.41, 5.74) is 2.59. The van der Waals surface area contributed by atoms with Gasteiger partial charge in [0.15, 0.2) is 0 Å². The first-order valence-corrected chi connectivity index (χ1v) is 8.24. The van der Waals surface area contributed by atoms with E-state index in [2.05, 4.69) is 5.32 Å². The van der Waals surface area contributed by atoms with Crippen molar-refractivity contribution in [3.05, 3.63) is 48.0 Å². The molecule has 0 fully saturated rings. The van der Waals surface area contributed by atoms with Gasteiger partial charge in [0.1, 0.15) is 0 Å². The van der Waals surface area contributed by atoms with E-state index in [1.807, 2.05) is 56.3 Å². The van der Waals surface area contributed by atoms with E-state index >= 15 is 0 Å². The highest BCUT2D eigenvalue weighted by molar-refractivity contribution is 5.90. The van der Waals surface area contributed by atoms with E-state index in [0.717, 1.165) is 22.8 Å². The van der Waals surface area contributed by atoms with Crippen molar-refractivity contribution in [1.82, 2.24) is 10.8 Å². The van der Waals surface area contributed by atoms with Gasteiger partial charge in [0, 0.05) is 12.5 Å². The lowest BCUT2D eigenvalue weighted by Crippen LogP contribution is -2.43. The number of carbonyl (C=O) groups excluding carboxylic acids is 2. The third kappa shape index (κ3) is 4.55. The lowest BCUT2D eigenvalue weighted by molar-refractivity contribution is -0.130. The Labute approximate surface area is 142 Å². The lowest BCUT2D eigenvalue weighted by Gasteiger charge is -2.23. The van der Waals surface area contributed by atoms with E-state index in [9.17, 15) is 9.59 Å². The Bertz CT molecular complexity index is 709. The second-order valence-corrected chi connectivity index (χ2v) is 6.11. The zero-order chi connectivity index (χ0) is 17.5. The second kappa shape index (κ2) is 8.45. The molecule has 0 saturated carbocycles. The first kappa shape index (κ1) is 17.9. The van der Waals surface area contributed by atoms with Gasteiger partial charge in [0.25, 0.3) is 0 Å². The summed E-state index contributed by atoms with van der Waals surface area (Å²) >= 11 is 0. The Balaban J connectivity index is 2.10. The van der Waals surface area contributed by atoms with Gasteiger partial charge in [-0.05, 0) is 22.3 Å². The average Bonchev–Trinajstić information content (AvgIpc) is 2.60. The molecule has 24 heavy (non-hydrogen) atoms. The molecule has 0 spiro atoms. The van der Waals surface area contributed by atoms with Crippen LogP contribution in [0, 0.1) is 5.92 Å². The molecule has 2 aromatic carbocycles. The highest BCUT2D eigenvalue weighted by Crippen LogP contribution is 2.19. The van der Waals surface area contributed by atoms with Crippen LogP contribution in [0.15, 0.2) is 42.5 Å². The largest absolute Gasteiger partial charge is 0.352 e. The van der Waals surface area contributed by atoms with E-state index in [4.69, 9.17) is 5.21 Å². The molecular formula is C19H24N2O3. The van der Waals surface area contributed by atoms with Crippen LogP contribution in [0.25, 0.3) is 10.8 Å². The van der Waals surface area contributed by atoms with Crippen molar-refractivity contribution >= 4 is 22.6 Å². The summed E-state index contributed by atoms with van der Waals surface area (Å²) in [6.07, 6.45) is 1.15. The van der Waals surface area contributed by atoms with Crippen LogP contribution in [0.5, 0.6) is 0 Å². The fourth-order valence-corrected chi connectivity index (χ4v) is 2.80. The molecule has 2 aromatic rings. The number of amides is 2. The van der Waals surface area contributed by atoms with Crippen molar-refractivity contribution in [2.75, 3.05) is 0 Å². The van der Waals surface area contributed by atoms with Gasteiger partial charge in [-0.1, -0.05) is 62.7 Å². The summed E-state index contributed by atoms with van der Waals surface area (Å²) in [6, 6.07) is 13.6. The van der Waals surface area contributed by atoms with Crippen LogP contribution in [0.2, 0.25) is 0 Å². The highest BCUT2D eigenvalue weighted by Gasteiger charge is 2.21. The van der Waals surface area contributed by atoms with Crippen LogP contribution in [-0.4, -0.2) is 23.1 Å². The van der Waals surface area contributed by atoms with E-state index in [1.165, 1.54) is 0 Å². The molecule has 2 rings (SSSR count). The second-order valence-electron chi connectivity index (χ2n) is 6.11. The van der Waals surface area contributed by atoms with Crippen molar-refractivity contribution in [1.29, 1.82) is 0 Å². The number of hydroxylamine groups is 1. The van der Waals surface area contributed by atoms with Crippen molar-refractivity contribution in [3.63, 3.8) is 0 Å². The summed E-state index contributed by atoms with van der Waals surface area (Å²) in [4.78, 5) is 23.9. The molecule has 5 heteroatoms. The molecule has 0 saturated heterocycles. The van der Waals surface area contributed by atoms with E-state index < -0.39 is 5.91 Å². The first-order chi connectivity index (χ1) is 11.5. The molecule has 0 aromatic heterocycles. The standard InChI is InChI=1S/C19H24N2O3/c1-3-13(2)17(12-19(23)21-24)20-18(22)11-15-9-6-8-14-7-4-5-10-16(14)15/h4-10,13,17,24H,3,11-12H2,1-2H3,(H,20,22)(H,21,23)/t13-,17+/m0/s1. The van der Waals surface area contributed by atoms with E-state index in [0.29, 0.717) is 0 Å². The van der Waals surface area contributed by atoms with Gasteiger partial charge in [-0.25, -0.2) is 5.48 Å². The predicted molar refractivity (Wildman–Crippen MR) is 93.6 cm³/mol. The SMILES string of the molecule is CC[C@H](C)[C@@H](CC(=O)NO)NC(=O)Cc1cccc2ccccc12. The van der Waals surface area contributed by atoms with Crippen LogP contribution in [0.4, 0.5) is 0 Å². The smallest absolute Gasteiger partial charge is 0.245 e. The normalized spacial score (nSPS) is 13.3. The molecule has 5 nitrogen and oxygen atoms in total. The molecule has 0 heterocycles. The maximum absolute atomic E-state index is 12.5. The minimum Gasteiger partial charge on any atom is -0.352 e. The summed E-state index contributed by atoms with van der Waals surface area (Å²) in [6.45, 7) is 3.99. The monoisotopic (exact) mass is 328 g/mol. The van der Waals surface area contributed by atoms with Crippen LogP contribution >= 0.6 is 0 Å². The number of carbonyl (C=O) groups is 2. The molecule has 0 unspecified atom stereocenters. The Morgan fingerprint density at radius 3 is 2.50 bits per heavy atom. The quantitative estimate of drug-likeness (QED) is 0.540. The zero-order valence-corrected chi connectivity index (χ0v) is 14.1. The molecule has 0 aliphatic heterocycles. The zero-order valence-electron chi connectivity index (χ0n) is 14.1. The third-order valence-corrected chi connectivity index (χ3v) is 4.44. The van der Waals surface area contributed by atoms with Gasteiger partial charge in [-0.15, -0.1) is 0 Å². The Kier molecular flexibility index (Phi) is 6.32. The van der Waals surface area contributed by atoms with Crippen LogP contribution < -0.4 is 10.8 Å². The predicted octanol–water partition coefficient (Wildman–Crippen LogP) is 2.81. The van der Waals surface area contributed by atoms with Crippen molar-refractivity contribution in [3.8, 4) is 0 Å². The maximum atomic E-state index is 12.5. The van der Waals surface area contributed by atoms with Crippen molar-refractivity contribution in [2.45, 2.75) is 39.2 Å². The van der Waals surface area contributed by atoms with Crippen molar-refractivity contribution < 1.29 is 14.8 Å². The first-order valence-electron chi connectivity index (χ1n) is 8.24. The molecule has 2 atom stereocenters. The van der Waals surface area contributed by atoms with Gasteiger partial charge < -0.3 is 5.32 Å². The van der Waals surface area contributed by atoms with Crippen LogP contribution in [0.1, 0.15) is 32.3 Å². The van der Waals surface area contributed by atoms with Crippen molar-refractivity contribution in [2.24, 2.45) is 5.92 Å². The Morgan fingerprint density at radius 1 is 1.08 bits per heavy atom. The minimum absolute atomic E-state index is 0.0623. The Morgan fingerprint density at radius 2 is 1.79 bits per heavy atom. The number of rotatable bonds is 7. The molecule has 3 N–H and O–H groups in total. The van der Waals surface area contributed by atoms with Crippen LogP contribution in [0.3, 0.4) is 0 Å². The van der Waals surface area contributed by atoms with Gasteiger partial charge in [0.2, 0.25) is 11.8 Å². The summed E-state index contributed by atoms with van der Waals surface area (Å²) in [5.74, 6) is -0.480. The number of hydrogen-bond donors (Lipinski definition) is 3. The summed E-state index contributed by atoms with van der Waals surface area (Å²) < 4.78 is 0. The van der Waals surface area contributed by atoms with Gasteiger partial charge >= 0.3 is 0 Å². The number of benzene rings is 2. The fraction of sp³-hybridized carbons (Fsp3) is 0.368. The molecule has 0 radical (unpaired) electrons. The average molecular weight is 328 g/mol. The maximum Gasteiger partial charge on any atom is 0.245 e. The van der Waals surface area contributed by atoms with Gasteiger partial charge in [0.05, 0.1) is 6.42 Å². The minimum atomic E-state index is -0.495. The fourth-order valence-electron chi connectivity index (χ4n) is 2.80. The number of hydrogen-bond acceptors (Lipinski definition) is 3. The topological polar surface area (TPSA) is 78.4 Å². The van der Waals surface area contributed by atoms with E-state index in [1.54, 1.807) is 5.48 Å². The molecule has 0 aliphatic rings.